The van der Waals surface area contributed by atoms with Gasteiger partial charge in [0.1, 0.15) is 12.3 Å². The van der Waals surface area contributed by atoms with Gasteiger partial charge in [-0.25, -0.2) is 0 Å². The van der Waals surface area contributed by atoms with E-state index in [4.69, 9.17) is 67.0 Å². The Kier molecular flexibility index (Phi) is 37.2. The van der Waals surface area contributed by atoms with Gasteiger partial charge in [-0.1, -0.05) is 30.3 Å². The monoisotopic (exact) mass is 825 g/mol. The third-order valence-corrected chi connectivity index (χ3v) is 9.03. The minimum atomic E-state index is -1.07. The largest absolute Gasteiger partial charge is 0.400 e. The Labute approximate surface area is 340 Å². The molecule has 1 amide bonds. The Bertz CT molecular complexity index is 1040. The third kappa shape index (κ3) is 30.7. The fourth-order valence-electron chi connectivity index (χ4n) is 5.53. The van der Waals surface area contributed by atoms with Crippen LogP contribution in [0, 0.1) is 0 Å². The summed E-state index contributed by atoms with van der Waals surface area (Å²) in [5, 5.41) is 55.1. The molecule has 18 heteroatoms. The molecule has 4 rings (SSSR count). The molecule has 2 aliphatic heterocycles. The van der Waals surface area contributed by atoms with Gasteiger partial charge in [-0.3, -0.25) is 4.79 Å². The zero-order valence-electron chi connectivity index (χ0n) is 35.1. The topological polar surface area (TPSA) is 327 Å². The van der Waals surface area contributed by atoms with Crippen molar-refractivity contribution in [2.75, 3.05) is 54.1 Å². The van der Waals surface area contributed by atoms with Crippen LogP contribution in [0.15, 0.2) is 30.3 Å². The summed E-state index contributed by atoms with van der Waals surface area (Å²) in [5.74, 6) is -0.713. The molecule has 1 saturated carbocycles. The number of ether oxygens (including phenoxy) is 5. The van der Waals surface area contributed by atoms with Crippen LogP contribution in [-0.2, 0) is 34.9 Å². The predicted octanol–water partition coefficient (Wildman–Crippen LogP) is -1.09. The molecule has 0 aromatic heterocycles. The number of amides is 1. The summed E-state index contributed by atoms with van der Waals surface area (Å²) in [5.41, 5.74) is 27.6. The van der Waals surface area contributed by atoms with E-state index in [9.17, 15) is 15.0 Å². The highest BCUT2D eigenvalue weighted by Gasteiger charge is 2.33. The number of aliphatic hydroxyl groups excluding tert-OH is 6. The number of rotatable bonds is 16. The van der Waals surface area contributed by atoms with Gasteiger partial charge in [0.25, 0.3) is 0 Å². The van der Waals surface area contributed by atoms with Crippen LogP contribution in [0.25, 0.3) is 0 Å². The average molecular weight is 825 g/mol. The molecule has 1 aromatic rings. The van der Waals surface area contributed by atoms with Crippen LogP contribution in [0.3, 0.4) is 0 Å². The van der Waals surface area contributed by atoms with Crippen LogP contribution >= 0.6 is 0 Å². The summed E-state index contributed by atoms with van der Waals surface area (Å²) >= 11 is 0. The lowest BCUT2D eigenvalue weighted by molar-refractivity contribution is -0.204. The molecule has 1 aliphatic carbocycles. The van der Waals surface area contributed by atoms with Gasteiger partial charge in [0, 0.05) is 40.8 Å². The summed E-state index contributed by atoms with van der Waals surface area (Å²) < 4.78 is 26.0. The molecule has 2 saturated heterocycles. The van der Waals surface area contributed by atoms with Gasteiger partial charge in [0.2, 0.25) is 5.91 Å². The van der Waals surface area contributed by atoms with Gasteiger partial charge < -0.3 is 88.3 Å². The van der Waals surface area contributed by atoms with E-state index in [1.54, 1.807) is 14.2 Å². The van der Waals surface area contributed by atoms with Crippen LogP contribution in [0.1, 0.15) is 83.6 Å². The van der Waals surface area contributed by atoms with Crippen molar-refractivity contribution >= 4 is 5.91 Å². The maximum atomic E-state index is 10.0. The number of hydrogen-bond acceptors (Lipinski definition) is 17. The van der Waals surface area contributed by atoms with Crippen molar-refractivity contribution in [1.82, 2.24) is 5.32 Å². The Hall–Kier alpha value is -1.95. The predicted molar refractivity (Wildman–Crippen MR) is 219 cm³/mol. The van der Waals surface area contributed by atoms with Gasteiger partial charge in [-0.2, -0.15) is 0 Å². The number of benzene rings is 1. The van der Waals surface area contributed by atoms with E-state index in [0.29, 0.717) is 19.1 Å². The van der Waals surface area contributed by atoms with E-state index in [1.807, 2.05) is 25.1 Å². The molecule has 18 nitrogen and oxygen atoms in total. The molecule has 11 unspecified atom stereocenters. The lowest BCUT2D eigenvalue weighted by Gasteiger charge is -2.34. The minimum Gasteiger partial charge on any atom is -0.400 e. The molecule has 3 aliphatic rings. The first kappa shape index (κ1) is 57.1. The Morgan fingerprint density at radius 3 is 2.11 bits per heavy atom. The number of aliphatic hydroxyl groups is 6. The lowest BCUT2D eigenvalue weighted by atomic mass is 9.95. The Morgan fingerprint density at radius 1 is 0.965 bits per heavy atom. The third-order valence-electron chi connectivity index (χ3n) is 9.03. The maximum Gasteiger partial charge on any atom is 0.246 e. The summed E-state index contributed by atoms with van der Waals surface area (Å²) in [6, 6.07) is 9.82. The second kappa shape index (κ2) is 37.1. The van der Waals surface area contributed by atoms with E-state index in [-0.39, 0.29) is 56.9 Å². The summed E-state index contributed by atoms with van der Waals surface area (Å²) in [4.78, 5) is 10.0. The van der Waals surface area contributed by atoms with Crippen molar-refractivity contribution in [3.63, 3.8) is 0 Å². The number of nitrogens with two attached hydrogens (primary N) is 5. The molecule has 57 heavy (non-hydrogen) atoms. The van der Waals surface area contributed by atoms with Crippen LogP contribution in [0.4, 0.5) is 0 Å². The SMILES string of the molecule is CO.COC(C)CCC(N)OC1CCCC(O)C1.COC1CCC(C)O1.NCC1OC(O)C(N)CC1O.NCCC(O)C(N)=O.OCCNCCc1ccccc1. The highest BCUT2D eigenvalue weighted by Crippen LogP contribution is 2.22. The van der Waals surface area contributed by atoms with E-state index < -0.39 is 36.6 Å². The zero-order chi connectivity index (χ0) is 43.6. The highest BCUT2D eigenvalue weighted by atomic mass is 16.7. The molecule has 2 heterocycles. The average Bonchev–Trinajstić information content (AvgIpc) is 3.64. The molecule has 0 radical (unpaired) electrons. The molecule has 1 aromatic carbocycles. The van der Waals surface area contributed by atoms with Gasteiger partial charge in [-0.05, 0) is 96.7 Å². The summed E-state index contributed by atoms with van der Waals surface area (Å²) in [6.45, 7) is 6.41. The number of carbonyl (C=O) groups excluding carboxylic acids is 1. The van der Waals surface area contributed by atoms with Crippen molar-refractivity contribution in [1.29, 1.82) is 0 Å². The number of primary amides is 1. The first-order chi connectivity index (χ1) is 27.2. The second-order valence-corrected chi connectivity index (χ2v) is 13.9. The molecular formula is C39H80N6O12. The van der Waals surface area contributed by atoms with Gasteiger partial charge in [-0.15, -0.1) is 0 Å². The summed E-state index contributed by atoms with van der Waals surface area (Å²) in [6.07, 6.45) is 6.41. The number of hydrogen-bond donors (Lipinski definition) is 12. The smallest absolute Gasteiger partial charge is 0.246 e. The van der Waals surface area contributed by atoms with Crippen molar-refractivity contribution in [2.24, 2.45) is 28.7 Å². The maximum absolute atomic E-state index is 10.0. The number of carbonyl (C=O) groups is 1. The van der Waals surface area contributed by atoms with Crippen LogP contribution in [-0.4, -0.2) is 158 Å². The molecule has 338 valence electrons. The molecular weight excluding hydrogens is 744 g/mol. The van der Waals surface area contributed by atoms with Crippen molar-refractivity contribution < 1.29 is 59.1 Å². The van der Waals surface area contributed by atoms with E-state index in [1.165, 1.54) is 5.56 Å². The molecule has 3 fully saturated rings. The van der Waals surface area contributed by atoms with Gasteiger partial charge >= 0.3 is 0 Å². The first-order valence-corrected chi connectivity index (χ1v) is 20.0. The normalized spacial score (nSPS) is 26.7. The van der Waals surface area contributed by atoms with E-state index in [2.05, 4.69) is 30.1 Å². The Morgan fingerprint density at radius 2 is 1.63 bits per heavy atom. The number of methoxy groups -OCH3 is 2. The highest BCUT2D eigenvalue weighted by molar-refractivity contribution is 5.78. The summed E-state index contributed by atoms with van der Waals surface area (Å²) in [7, 11) is 4.39. The minimum absolute atomic E-state index is 0.0741. The van der Waals surface area contributed by atoms with Crippen LogP contribution in [0.2, 0.25) is 0 Å². The fraction of sp³-hybridized carbons (Fsp3) is 0.821. The quantitative estimate of drug-likeness (QED) is 0.0696. The molecule has 17 N–H and O–H groups in total. The Balaban J connectivity index is 0. The molecule has 11 atom stereocenters. The van der Waals surface area contributed by atoms with E-state index in [0.717, 1.165) is 71.4 Å². The number of nitrogens with one attached hydrogen (secondary N) is 1. The van der Waals surface area contributed by atoms with Crippen molar-refractivity contribution in [3.05, 3.63) is 35.9 Å². The van der Waals surface area contributed by atoms with Gasteiger partial charge in [0.05, 0.1) is 49.3 Å². The van der Waals surface area contributed by atoms with Crippen molar-refractivity contribution in [3.8, 4) is 0 Å². The fourth-order valence-corrected chi connectivity index (χ4v) is 5.53. The van der Waals surface area contributed by atoms with Crippen molar-refractivity contribution in [2.45, 2.75) is 152 Å². The molecule has 0 spiro atoms. The molecule has 0 bridgehead atoms. The standard InChI is InChI=1S/C12H25NO3.C10H15NO.C6H14N2O3.C6H12O2.C4H10N2O2.CH4O/c1-9(15-2)6-7-12(13)16-11-5-3-4-10(14)8-11;12-9-8-11-7-6-10-4-2-1-3-5-10;7-2-5-4(9)1-3(8)6(10)11-5;1-5-3-4-6(7-2)8-5;5-2-1-3(7)4(6)8;1-2/h9-12,14H,3-8,13H2,1-2H3;1-5,11-12H,6-9H2;3-6,9-10H,1-2,7-8H2;5-6H,3-4H2,1-2H3;3,7H,1-2,5H2,(H2,6,8);2H,1H3. The zero-order valence-corrected chi connectivity index (χ0v) is 35.1. The van der Waals surface area contributed by atoms with Gasteiger partial charge in [0.15, 0.2) is 12.6 Å². The van der Waals surface area contributed by atoms with E-state index >= 15 is 0 Å². The first-order valence-electron chi connectivity index (χ1n) is 20.0. The second-order valence-electron chi connectivity index (χ2n) is 13.9. The van der Waals surface area contributed by atoms with Crippen LogP contribution in [0.5, 0.6) is 0 Å². The van der Waals surface area contributed by atoms with Crippen LogP contribution < -0.4 is 34.0 Å². The lowest BCUT2D eigenvalue weighted by Crippen LogP contribution is -2.53.